The Hall–Kier alpha value is -1.21. The van der Waals surface area contributed by atoms with Crippen LogP contribution in [-0.4, -0.2) is 69.2 Å². The Bertz CT molecular complexity index is 816. The average molecular weight is 390 g/mol. The molecule has 2 aromatic heterocycles. The minimum absolute atomic E-state index is 0.0505. The predicted octanol–water partition coefficient (Wildman–Crippen LogP) is 3.32. The van der Waals surface area contributed by atoms with Crippen molar-refractivity contribution in [1.29, 1.82) is 0 Å². The van der Waals surface area contributed by atoms with E-state index >= 15 is 0 Å². The minimum atomic E-state index is 0.0505. The van der Waals surface area contributed by atoms with Gasteiger partial charge in [0.1, 0.15) is 23.4 Å². The number of nitrogens with zero attached hydrogens (tertiary/aromatic N) is 5. The van der Waals surface area contributed by atoms with Gasteiger partial charge < -0.3 is 14.2 Å². The fraction of sp³-hybridized carbons (Fsp3) is 0.700. The first-order valence-corrected chi connectivity index (χ1v) is 10.6. The van der Waals surface area contributed by atoms with Gasteiger partial charge in [0, 0.05) is 18.3 Å². The summed E-state index contributed by atoms with van der Waals surface area (Å²) in [5.74, 6) is 0. The Kier molecular flexibility index (Phi) is 4.63. The first-order chi connectivity index (χ1) is 13.1. The zero-order valence-electron chi connectivity index (χ0n) is 16.0. The maximum atomic E-state index is 6.48. The molecule has 27 heavy (non-hydrogen) atoms. The molecule has 2 atom stereocenters. The van der Waals surface area contributed by atoms with Crippen LogP contribution in [0, 0.1) is 0 Å². The van der Waals surface area contributed by atoms with Crippen LogP contribution >= 0.6 is 11.6 Å². The first kappa shape index (κ1) is 17.9. The molecule has 0 amide bonds. The maximum absolute atomic E-state index is 6.48. The van der Waals surface area contributed by atoms with Gasteiger partial charge in [-0.15, -0.1) is 0 Å². The lowest BCUT2D eigenvalue weighted by Crippen LogP contribution is -2.53. The summed E-state index contributed by atoms with van der Waals surface area (Å²) < 4.78 is 8.60. The number of rotatable bonds is 3. The first-order valence-electron chi connectivity index (χ1n) is 10.2. The van der Waals surface area contributed by atoms with Gasteiger partial charge in [0.05, 0.1) is 11.5 Å². The smallest absolute Gasteiger partial charge is 0.146 e. The minimum Gasteiger partial charge on any atom is -0.353 e. The van der Waals surface area contributed by atoms with Gasteiger partial charge >= 0.3 is 0 Å². The number of fused-ring (bicyclic) bond motifs is 1. The number of hydrogen-bond acceptors (Lipinski definition) is 5. The third-order valence-corrected chi connectivity index (χ3v) is 7.24. The second-order valence-corrected chi connectivity index (χ2v) is 8.85. The van der Waals surface area contributed by atoms with Crippen LogP contribution in [0.4, 0.5) is 0 Å². The number of halogens is 1. The van der Waals surface area contributed by atoms with Crippen molar-refractivity contribution in [2.24, 2.45) is 0 Å². The highest BCUT2D eigenvalue weighted by molar-refractivity contribution is 6.33. The van der Waals surface area contributed by atoms with Gasteiger partial charge in [0.15, 0.2) is 0 Å². The zero-order valence-corrected chi connectivity index (χ0v) is 16.7. The Labute approximate surface area is 165 Å². The van der Waals surface area contributed by atoms with Crippen LogP contribution in [0.25, 0.3) is 11.0 Å². The molecule has 6 nitrogen and oxygen atoms in total. The van der Waals surface area contributed by atoms with Crippen molar-refractivity contribution >= 4 is 22.6 Å². The second kappa shape index (κ2) is 6.99. The SMILES string of the molecule is CN1CCC2(CCCN2CC2CCC(n3ccc4c(Cl)ncnc43)O2)CC1. The van der Waals surface area contributed by atoms with Gasteiger partial charge in [-0.3, -0.25) is 4.90 Å². The van der Waals surface area contributed by atoms with E-state index in [-0.39, 0.29) is 6.23 Å². The lowest BCUT2D eigenvalue weighted by molar-refractivity contribution is -0.0323. The molecule has 0 radical (unpaired) electrons. The molecule has 0 aromatic carbocycles. The van der Waals surface area contributed by atoms with E-state index in [0.717, 1.165) is 30.4 Å². The fourth-order valence-corrected chi connectivity index (χ4v) is 5.52. The summed E-state index contributed by atoms with van der Waals surface area (Å²) in [6.07, 6.45) is 11.3. The van der Waals surface area contributed by atoms with E-state index < -0.39 is 0 Å². The molecule has 1 spiro atoms. The van der Waals surface area contributed by atoms with Crippen molar-refractivity contribution in [3.05, 3.63) is 23.7 Å². The van der Waals surface area contributed by atoms with E-state index in [4.69, 9.17) is 16.3 Å². The highest BCUT2D eigenvalue weighted by Crippen LogP contribution is 2.40. The summed E-state index contributed by atoms with van der Waals surface area (Å²) in [4.78, 5) is 13.7. The molecule has 5 rings (SSSR count). The van der Waals surface area contributed by atoms with Gasteiger partial charge in [-0.05, 0) is 71.3 Å². The van der Waals surface area contributed by atoms with Crippen molar-refractivity contribution in [3.8, 4) is 0 Å². The Morgan fingerprint density at radius 3 is 2.89 bits per heavy atom. The van der Waals surface area contributed by atoms with Gasteiger partial charge in [0.2, 0.25) is 0 Å². The Morgan fingerprint density at radius 1 is 1.19 bits per heavy atom. The topological polar surface area (TPSA) is 46.4 Å². The lowest BCUT2D eigenvalue weighted by atomic mass is 9.85. The number of likely N-dealkylation sites (tertiary alicyclic amines) is 2. The molecule has 7 heteroatoms. The summed E-state index contributed by atoms with van der Waals surface area (Å²) in [6, 6.07) is 1.99. The van der Waals surface area contributed by atoms with E-state index in [9.17, 15) is 0 Å². The Balaban J connectivity index is 1.28. The third kappa shape index (κ3) is 3.16. The van der Waals surface area contributed by atoms with E-state index in [1.54, 1.807) is 0 Å². The fourth-order valence-electron chi connectivity index (χ4n) is 5.32. The van der Waals surface area contributed by atoms with E-state index in [0.29, 0.717) is 16.8 Å². The van der Waals surface area contributed by atoms with E-state index in [2.05, 4.69) is 31.4 Å². The lowest BCUT2D eigenvalue weighted by Gasteiger charge is -2.45. The van der Waals surface area contributed by atoms with Crippen LogP contribution in [0.1, 0.15) is 44.8 Å². The summed E-state index contributed by atoms with van der Waals surface area (Å²) >= 11 is 6.20. The number of aromatic nitrogens is 3. The van der Waals surface area contributed by atoms with Crippen molar-refractivity contribution in [1.82, 2.24) is 24.3 Å². The normalized spacial score (nSPS) is 29.3. The quantitative estimate of drug-likeness (QED) is 0.753. The monoisotopic (exact) mass is 389 g/mol. The van der Waals surface area contributed by atoms with Gasteiger partial charge in [-0.25, -0.2) is 9.97 Å². The Morgan fingerprint density at radius 2 is 2.04 bits per heavy atom. The zero-order chi connectivity index (χ0) is 18.4. The summed E-state index contributed by atoms with van der Waals surface area (Å²) in [7, 11) is 2.24. The van der Waals surface area contributed by atoms with Crippen molar-refractivity contribution in [3.63, 3.8) is 0 Å². The number of piperidine rings is 1. The van der Waals surface area contributed by atoms with Crippen LogP contribution < -0.4 is 0 Å². The molecule has 2 unspecified atom stereocenters. The van der Waals surface area contributed by atoms with Crippen LogP contribution in [0.2, 0.25) is 5.15 Å². The molecule has 0 N–H and O–H groups in total. The van der Waals surface area contributed by atoms with Gasteiger partial charge in [0.25, 0.3) is 0 Å². The largest absolute Gasteiger partial charge is 0.353 e. The highest BCUT2D eigenvalue weighted by Gasteiger charge is 2.44. The third-order valence-electron chi connectivity index (χ3n) is 6.94. The predicted molar refractivity (Wildman–Crippen MR) is 106 cm³/mol. The maximum Gasteiger partial charge on any atom is 0.146 e. The summed E-state index contributed by atoms with van der Waals surface area (Å²) in [6.45, 7) is 4.74. The molecule has 0 bridgehead atoms. The van der Waals surface area contributed by atoms with E-state index in [1.807, 2.05) is 12.3 Å². The van der Waals surface area contributed by atoms with Crippen LogP contribution in [0.15, 0.2) is 18.6 Å². The molecule has 146 valence electrons. The summed E-state index contributed by atoms with van der Waals surface area (Å²) in [5, 5.41) is 1.41. The average Bonchev–Trinajstić information content (AvgIpc) is 3.38. The number of ether oxygens (including phenoxy) is 1. The van der Waals surface area contributed by atoms with Crippen molar-refractivity contribution in [2.75, 3.05) is 33.2 Å². The van der Waals surface area contributed by atoms with Crippen molar-refractivity contribution in [2.45, 2.75) is 56.4 Å². The molecular weight excluding hydrogens is 362 g/mol. The van der Waals surface area contributed by atoms with E-state index in [1.165, 1.54) is 51.6 Å². The van der Waals surface area contributed by atoms with Gasteiger partial charge in [-0.2, -0.15) is 0 Å². The molecule has 3 aliphatic heterocycles. The highest BCUT2D eigenvalue weighted by atomic mass is 35.5. The van der Waals surface area contributed by atoms with Crippen LogP contribution in [-0.2, 0) is 4.74 Å². The molecule has 0 saturated carbocycles. The molecular formula is C20H28ClN5O. The molecule has 3 saturated heterocycles. The second-order valence-electron chi connectivity index (χ2n) is 8.49. The summed E-state index contributed by atoms with van der Waals surface area (Å²) in [5.41, 5.74) is 1.29. The van der Waals surface area contributed by atoms with Crippen LogP contribution in [0.5, 0.6) is 0 Å². The molecule has 3 fully saturated rings. The molecule has 3 aliphatic rings. The standard InChI is InChI=1S/C20H28ClN5O/c1-24-11-7-20(8-12-24)6-2-9-25(20)13-15-3-4-17(27-15)26-10-5-16-18(21)22-14-23-19(16)26/h5,10,14-15,17H,2-4,6-9,11-13H2,1H3. The van der Waals surface area contributed by atoms with Gasteiger partial charge in [-0.1, -0.05) is 11.6 Å². The molecule has 5 heterocycles. The molecule has 0 aliphatic carbocycles. The van der Waals surface area contributed by atoms with Crippen LogP contribution in [0.3, 0.4) is 0 Å². The van der Waals surface area contributed by atoms with Crippen molar-refractivity contribution < 1.29 is 4.74 Å². The number of hydrogen-bond donors (Lipinski definition) is 0. The molecule has 2 aromatic rings.